The van der Waals surface area contributed by atoms with Crippen molar-refractivity contribution in [1.29, 1.82) is 0 Å². The number of para-hydroxylation sites is 1. The quantitative estimate of drug-likeness (QED) is 0.786. The number of ether oxygens (including phenoxy) is 1. The summed E-state index contributed by atoms with van der Waals surface area (Å²) < 4.78 is 7.94. The molecule has 98 valence electrons. The predicted molar refractivity (Wildman–Crippen MR) is 73.6 cm³/mol. The maximum Gasteiger partial charge on any atom is 0.164 e. The van der Waals surface area contributed by atoms with Crippen LogP contribution in [0.2, 0.25) is 0 Å². The highest BCUT2D eigenvalue weighted by Gasteiger charge is 2.22. The largest absolute Gasteiger partial charge is 0.488 e. The number of benzene rings is 1. The minimum absolute atomic E-state index is 0.161. The molecule has 2 heterocycles. The topological polar surface area (TPSA) is 31.2 Å². The molecule has 0 saturated carbocycles. The van der Waals surface area contributed by atoms with Crippen LogP contribution in [0.25, 0.3) is 0 Å². The zero-order valence-corrected chi connectivity index (χ0v) is 11.0. The first kappa shape index (κ1) is 12.0. The van der Waals surface area contributed by atoms with E-state index in [9.17, 15) is 4.79 Å². The van der Waals surface area contributed by atoms with Crippen molar-refractivity contribution in [3.8, 4) is 5.75 Å². The predicted octanol–water partition coefficient (Wildman–Crippen LogP) is 3.08. The summed E-state index contributed by atoms with van der Waals surface area (Å²) in [5, 5.41) is 0. The van der Waals surface area contributed by atoms with Gasteiger partial charge in [-0.3, -0.25) is 4.79 Å². The van der Waals surface area contributed by atoms with E-state index in [4.69, 9.17) is 4.74 Å². The highest BCUT2D eigenvalue weighted by Crippen LogP contribution is 2.28. The zero-order valence-electron chi connectivity index (χ0n) is 11.0. The van der Waals surface area contributed by atoms with Crippen LogP contribution in [0.15, 0.2) is 42.7 Å². The van der Waals surface area contributed by atoms with Crippen LogP contribution in [0.3, 0.4) is 0 Å². The van der Waals surface area contributed by atoms with Crippen molar-refractivity contribution in [2.24, 2.45) is 0 Å². The van der Waals surface area contributed by atoms with Crippen LogP contribution < -0.4 is 4.74 Å². The van der Waals surface area contributed by atoms with Crippen molar-refractivity contribution in [3.63, 3.8) is 0 Å². The van der Waals surface area contributed by atoms with Gasteiger partial charge < -0.3 is 9.30 Å². The summed E-state index contributed by atoms with van der Waals surface area (Å²) in [6, 6.07) is 10.0. The van der Waals surface area contributed by atoms with Gasteiger partial charge in [-0.1, -0.05) is 25.1 Å². The normalized spacial score (nSPS) is 17.0. The fourth-order valence-corrected chi connectivity index (χ4v) is 2.51. The number of aromatic nitrogens is 1. The number of ketones is 1. The van der Waals surface area contributed by atoms with Gasteiger partial charge >= 0.3 is 0 Å². The minimum Gasteiger partial charge on any atom is -0.488 e. The van der Waals surface area contributed by atoms with Crippen molar-refractivity contribution in [1.82, 2.24) is 4.57 Å². The SMILES string of the molecule is CCC(=O)c1ccn(CC2Cc3ccccc3O2)c1. The number of nitrogens with zero attached hydrogens (tertiary/aromatic N) is 1. The second-order valence-corrected chi connectivity index (χ2v) is 4.93. The third-order valence-corrected chi connectivity index (χ3v) is 3.52. The molecular weight excluding hydrogens is 238 g/mol. The molecule has 0 fully saturated rings. The average molecular weight is 255 g/mol. The lowest BCUT2D eigenvalue weighted by atomic mass is 10.1. The first-order chi connectivity index (χ1) is 9.26. The molecule has 1 aliphatic rings. The summed E-state index contributed by atoms with van der Waals surface area (Å²) in [5.41, 5.74) is 2.06. The Hall–Kier alpha value is -2.03. The molecule has 0 amide bonds. The van der Waals surface area contributed by atoms with Gasteiger partial charge in [0.05, 0.1) is 6.54 Å². The molecule has 0 saturated heterocycles. The van der Waals surface area contributed by atoms with E-state index in [-0.39, 0.29) is 11.9 Å². The molecule has 3 heteroatoms. The summed E-state index contributed by atoms with van der Waals surface area (Å²) in [6.45, 7) is 2.67. The summed E-state index contributed by atoms with van der Waals surface area (Å²) in [7, 11) is 0. The number of hydrogen-bond acceptors (Lipinski definition) is 2. The van der Waals surface area contributed by atoms with Crippen molar-refractivity contribution in [3.05, 3.63) is 53.9 Å². The van der Waals surface area contributed by atoms with Crippen LogP contribution in [0.5, 0.6) is 5.75 Å². The van der Waals surface area contributed by atoms with E-state index >= 15 is 0 Å². The fraction of sp³-hybridized carbons (Fsp3) is 0.312. The molecule has 1 aromatic heterocycles. The summed E-state index contributed by atoms with van der Waals surface area (Å²) >= 11 is 0. The van der Waals surface area contributed by atoms with E-state index in [0.717, 1.165) is 24.3 Å². The molecule has 1 atom stereocenters. The maximum absolute atomic E-state index is 11.6. The molecule has 1 aromatic carbocycles. The highest BCUT2D eigenvalue weighted by atomic mass is 16.5. The van der Waals surface area contributed by atoms with Crippen molar-refractivity contribution >= 4 is 5.78 Å². The number of rotatable bonds is 4. The Morgan fingerprint density at radius 3 is 3.00 bits per heavy atom. The smallest absolute Gasteiger partial charge is 0.164 e. The van der Waals surface area contributed by atoms with E-state index in [1.165, 1.54) is 5.56 Å². The molecule has 1 unspecified atom stereocenters. The van der Waals surface area contributed by atoms with E-state index in [0.29, 0.717) is 6.42 Å². The molecule has 0 bridgehead atoms. The summed E-state index contributed by atoms with van der Waals surface area (Å²) in [4.78, 5) is 11.6. The van der Waals surface area contributed by atoms with Crippen LogP contribution >= 0.6 is 0 Å². The zero-order chi connectivity index (χ0) is 13.2. The van der Waals surface area contributed by atoms with Gasteiger partial charge in [0.25, 0.3) is 0 Å². The van der Waals surface area contributed by atoms with Crippen LogP contribution in [-0.4, -0.2) is 16.5 Å². The Morgan fingerprint density at radius 1 is 1.37 bits per heavy atom. The Kier molecular flexibility index (Phi) is 3.11. The van der Waals surface area contributed by atoms with Gasteiger partial charge in [0.15, 0.2) is 5.78 Å². The maximum atomic E-state index is 11.6. The second-order valence-electron chi connectivity index (χ2n) is 4.93. The van der Waals surface area contributed by atoms with Crippen LogP contribution in [0.4, 0.5) is 0 Å². The van der Waals surface area contributed by atoms with E-state index in [1.54, 1.807) is 0 Å². The molecule has 0 radical (unpaired) electrons. The lowest BCUT2D eigenvalue weighted by Gasteiger charge is -2.11. The molecule has 19 heavy (non-hydrogen) atoms. The van der Waals surface area contributed by atoms with Gasteiger partial charge in [0, 0.05) is 30.8 Å². The minimum atomic E-state index is 0.161. The third-order valence-electron chi connectivity index (χ3n) is 3.52. The molecular formula is C16H17NO2. The van der Waals surface area contributed by atoms with Gasteiger partial charge in [0.2, 0.25) is 0 Å². The molecule has 3 rings (SSSR count). The summed E-state index contributed by atoms with van der Waals surface area (Å²) in [5.74, 6) is 1.18. The molecule has 0 N–H and O–H groups in total. The molecule has 3 nitrogen and oxygen atoms in total. The number of Topliss-reactive ketones (excluding diaryl/α,β-unsaturated/α-hetero) is 1. The van der Waals surface area contributed by atoms with Crippen LogP contribution in [0, 0.1) is 0 Å². The van der Waals surface area contributed by atoms with Gasteiger partial charge in [0.1, 0.15) is 11.9 Å². The van der Waals surface area contributed by atoms with Crippen LogP contribution in [-0.2, 0) is 13.0 Å². The number of carbonyl (C=O) groups is 1. The third kappa shape index (κ3) is 2.41. The van der Waals surface area contributed by atoms with E-state index in [1.807, 2.05) is 48.1 Å². The highest BCUT2D eigenvalue weighted by molar-refractivity contribution is 5.95. The van der Waals surface area contributed by atoms with E-state index in [2.05, 4.69) is 6.07 Å². The first-order valence-corrected chi connectivity index (χ1v) is 6.70. The Morgan fingerprint density at radius 2 is 2.21 bits per heavy atom. The van der Waals surface area contributed by atoms with Gasteiger partial charge in [-0.15, -0.1) is 0 Å². The second kappa shape index (κ2) is 4.92. The lowest BCUT2D eigenvalue weighted by molar-refractivity contribution is 0.0988. The lowest BCUT2D eigenvalue weighted by Crippen LogP contribution is -2.19. The fourth-order valence-electron chi connectivity index (χ4n) is 2.51. The molecule has 0 aliphatic carbocycles. The van der Waals surface area contributed by atoms with Gasteiger partial charge in [-0.25, -0.2) is 0 Å². The van der Waals surface area contributed by atoms with Gasteiger partial charge in [-0.05, 0) is 17.7 Å². The number of hydrogen-bond donors (Lipinski definition) is 0. The Labute approximate surface area is 112 Å². The monoisotopic (exact) mass is 255 g/mol. The van der Waals surface area contributed by atoms with Crippen molar-refractivity contribution in [2.75, 3.05) is 0 Å². The molecule has 1 aliphatic heterocycles. The van der Waals surface area contributed by atoms with Crippen molar-refractivity contribution in [2.45, 2.75) is 32.4 Å². The number of fused-ring (bicyclic) bond motifs is 1. The van der Waals surface area contributed by atoms with Crippen molar-refractivity contribution < 1.29 is 9.53 Å². The average Bonchev–Trinajstić information content (AvgIpc) is 3.04. The standard InChI is InChI=1S/C16H17NO2/c1-2-15(18)13-7-8-17(10-13)11-14-9-12-5-3-4-6-16(12)19-14/h3-8,10,14H,2,9,11H2,1H3. The Bertz CT molecular complexity index is 575. The molecule has 0 spiro atoms. The summed E-state index contributed by atoms with van der Waals surface area (Å²) in [6.07, 6.45) is 5.52. The van der Waals surface area contributed by atoms with Gasteiger partial charge in [-0.2, -0.15) is 0 Å². The first-order valence-electron chi connectivity index (χ1n) is 6.70. The Balaban J connectivity index is 1.68. The molecule has 2 aromatic rings. The van der Waals surface area contributed by atoms with Crippen LogP contribution in [0.1, 0.15) is 29.3 Å². The number of carbonyl (C=O) groups excluding carboxylic acids is 1. The van der Waals surface area contributed by atoms with E-state index < -0.39 is 0 Å².